The van der Waals surface area contributed by atoms with Crippen LogP contribution in [0.3, 0.4) is 0 Å². The van der Waals surface area contributed by atoms with E-state index in [1.807, 2.05) is 30.3 Å². The first-order chi connectivity index (χ1) is 11.6. The number of halogens is 1. The third-order valence-electron chi connectivity index (χ3n) is 3.34. The van der Waals surface area contributed by atoms with E-state index in [1.165, 1.54) is 18.2 Å². The van der Waals surface area contributed by atoms with Crippen molar-refractivity contribution >= 4 is 23.2 Å². The number of rotatable bonds is 5. The molecule has 2 aromatic rings. The van der Waals surface area contributed by atoms with Gasteiger partial charge in [-0.15, -0.1) is 0 Å². The van der Waals surface area contributed by atoms with E-state index in [4.69, 9.17) is 17.5 Å². The molecule has 122 valence electrons. The van der Waals surface area contributed by atoms with E-state index in [1.54, 1.807) is 11.0 Å². The number of benzene rings is 2. The molecule has 0 aromatic heterocycles. The van der Waals surface area contributed by atoms with Crippen molar-refractivity contribution in [1.29, 1.82) is 5.26 Å². The van der Waals surface area contributed by atoms with Crippen molar-refractivity contribution in [3.05, 3.63) is 71.5 Å². The van der Waals surface area contributed by atoms with Gasteiger partial charge in [0.1, 0.15) is 5.82 Å². The molecule has 0 atom stereocenters. The Balaban J connectivity index is 2.08. The van der Waals surface area contributed by atoms with Crippen LogP contribution in [-0.2, 0) is 6.54 Å². The second-order valence-electron chi connectivity index (χ2n) is 5.05. The molecule has 0 spiro atoms. The lowest BCUT2D eigenvalue weighted by Gasteiger charge is -2.24. The fourth-order valence-corrected chi connectivity index (χ4v) is 2.38. The van der Waals surface area contributed by atoms with E-state index in [0.29, 0.717) is 13.1 Å². The Labute approximate surface area is 145 Å². The van der Waals surface area contributed by atoms with Gasteiger partial charge in [-0.1, -0.05) is 42.5 Å². The van der Waals surface area contributed by atoms with Gasteiger partial charge in [0.15, 0.2) is 5.11 Å². The Morgan fingerprint density at radius 3 is 2.50 bits per heavy atom. The second kappa shape index (κ2) is 8.75. The van der Waals surface area contributed by atoms with Gasteiger partial charge < -0.3 is 4.90 Å². The van der Waals surface area contributed by atoms with E-state index in [-0.39, 0.29) is 17.1 Å². The molecule has 1 amide bonds. The zero-order valence-corrected chi connectivity index (χ0v) is 13.7. The van der Waals surface area contributed by atoms with Crippen molar-refractivity contribution in [2.45, 2.75) is 13.0 Å². The van der Waals surface area contributed by atoms with Gasteiger partial charge in [0, 0.05) is 13.1 Å². The summed E-state index contributed by atoms with van der Waals surface area (Å²) in [7, 11) is 0. The maximum atomic E-state index is 13.7. The molecule has 0 heterocycles. The second-order valence-corrected chi connectivity index (χ2v) is 5.44. The molecule has 24 heavy (non-hydrogen) atoms. The maximum Gasteiger partial charge on any atom is 0.260 e. The van der Waals surface area contributed by atoms with Crippen LogP contribution in [0.2, 0.25) is 0 Å². The lowest BCUT2D eigenvalue weighted by Crippen LogP contribution is -2.43. The molecule has 0 bridgehead atoms. The van der Waals surface area contributed by atoms with E-state index in [0.717, 1.165) is 5.56 Å². The van der Waals surface area contributed by atoms with Crippen LogP contribution in [0.1, 0.15) is 22.3 Å². The topological polar surface area (TPSA) is 56.1 Å². The molecule has 4 nitrogen and oxygen atoms in total. The average molecular weight is 341 g/mol. The summed E-state index contributed by atoms with van der Waals surface area (Å²) in [4.78, 5) is 13.9. The molecule has 0 aliphatic heterocycles. The highest BCUT2D eigenvalue weighted by atomic mass is 32.1. The molecule has 0 unspecified atom stereocenters. The van der Waals surface area contributed by atoms with Crippen LogP contribution in [-0.4, -0.2) is 22.5 Å². The summed E-state index contributed by atoms with van der Waals surface area (Å²) in [5.74, 6) is -1.21. The first kappa shape index (κ1) is 17.6. The Morgan fingerprint density at radius 1 is 1.17 bits per heavy atom. The smallest absolute Gasteiger partial charge is 0.260 e. The predicted molar refractivity (Wildman–Crippen MR) is 93.5 cm³/mol. The van der Waals surface area contributed by atoms with Gasteiger partial charge in [0.25, 0.3) is 5.91 Å². The summed E-state index contributed by atoms with van der Waals surface area (Å²) in [5.41, 5.74) is 0.928. The largest absolute Gasteiger partial charge is 0.344 e. The fourth-order valence-electron chi connectivity index (χ4n) is 2.13. The van der Waals surface area contributed by atoms with Crippen molar-refractivity contribution in [3.63, 3.8) is 0 Å². The Hall–Kier alpha value is -2.78. The van der Waals surface area contributed by atoms with Gasteiger partial charge in [-0.05, 0) is 29.9 Å². The van der Waals surface area contributed by atoms with E-state index < -0.39 is 11.7 Å². The maximum absolute atomic E-state index is 13.7. The summed E-state index contributed by atoms with van der Waals surface area (Å²) < 4.78 is 13.7. The molecule has 2 rings (SSSR count). The summed E-state index contributed by atoms with van der Waals surface area (Å²) >= 11 is 5.27. The predicted octanol–water partition coefficient (Wildman–Crippen LogP) is 3.26. The Morgan fingerprint density at radius 2 is 1.83 bits per heavy atom. The average Bonchev–Trinajstić information content (AvgIpc) is 2.59. The minimum absolute atomic E-state index is 0.0696. The lowest BCUT2D eigenvalue weighted by molar-refractivity contribution is 0.0969. The summed E-state index contributed by atoms with van der Waals surface area (Å²) in [6.07, 6.45) is 0.266. The van der Waals surface area contributed by atoms with Crippen LogP contribution in [0.15, 0.2) is 54.6 Å². The minimum atomic E-state index is -0.607. The minimum Gasteiger partial charge on any atom is -0.344 e. The van der Waals surface area contributed by atoms with Gasteiger partial charge in [-0.25, -0.2) is 4.39 Å². The monoisotopic (exact) mass is 341 g/mol. The number of nitrogens with one attached hydrogen (secondary N) is 1. The van der Waals surface area contributed by atoms with Gasteiger partial charge in [0.05, 0.1) is 18.1 Å². The standard InChI is InChI=1S/C18H16FN3OS/c19-16-10-5-4-9-15(16)17(23)21-18(24)22(12-6-11-20)13-14-7-2-1-3-8-14/h1-5,7-10H,6,12-13H2,(H,21,23,24). The number of carbonyl (C=O) groups is 1. The van der Waals surface area contributed by atoms with E-state index >= 15 is 0 Å². The van der Waals surface area contributed by atoms with Crippen LogP contribution in [0.25, 0.3) is 0 Å². The number of nitrogens with zero attached hydrogens (tertiary/aromatic N) is 2. The van der Waals surface area contributed by atoms with Gasteiger partial charge in [0.2, 0.25) is 0 Å². The zero-order valence-electron chi connectivity index (χ0n) is 12.9. The first-order valence-electron chi connectivity index (χ1n) is 7.37. The molecule has 0 fully saturated rings. The highest BCUT2D eigenvalue weighted by Crippen LogP contribution is 2.08. The molecular weight excluding hydrogens is 325 g/mol. The van der Waals surface area contributed by atoms with Gasteiger partial charge >= 0.3 is 0 Å². The third-order valence-corrected chi connectivity index (χ3v) is 3.70. The van der Waals surface area contributed by atoms with Crippen LogP contribution >= 0.6 is 12.2 Å². The molecular formula is C18H16FN3OS. The molecule has 0 radical (unpaired) electrons. The molecule has 0 saturated carbocycles. The first-order valence-corrected chi connectivity index (χ1v) is 7.78. The number of hydrogen-bond acceptors (Lipinski definition) is 3. The van der Waals surface area contributed by atoms with Crippen LogP contribution in [0.5, 0.6) is 0 Å². The van der Waals surface area contributed by atoms with Crippen LogP contribution in [0.4, 0.5) is 4.39 Å². The number of carbonyl (C=O) groups excluding carboxylic acids is 1. The van der Waals surface area contributed by atoms with Gasteiger partial charge in [-0.3, -0.25) is 10.1 Å². The molecule has 0 aliphatic carbocycles. The SMILES string of the molecule is N#CCCN(Cc1ccccc1)C(=S)NC(=O)c1ccccc1F. The molecule has 2 aromatic carbocycles. The molecule has 0 saturated heterocycles. The molecule has 1 N–H and O–H groups in total. The number of amides is 1. The fraction of sp³-hybridized carbons (Fsp3) is 0.167. The van der Waals surface area contributed by atoms with Crippen LogP contribution in [0, 0.1) is 17.1 Å². The molecule has 0 aliphatic rings. The summed E-state index contributed by atoms with van der Waals surface area (Å²) in [6.45, 7) is 0.834. The van der Waals surface area contributed by atoms with E-state index in [9.17, 15) is 9.18 Å². The summed E-state index contributed by atoms with van der Waals surface area (Å²) in [6, 6.07) is 17.3. The zero-order chi connectivity index (χ0) is 17.4. The summed E-state index contributed by atoms with van der Waals surface area (Å²) in [5, 5.41) is 11.5. The number of nitriles is 1. The highest BCUT2D eigenvalue weighted by molar-refractivity contribution is 7.80. The number of hydrogen-bond donors (Lipinski definition) is 1. The van der Waals surface area contributed by atoms with Crippen molar-refractivity contribution in [2.24, 2.45) is 0 Å². The number of thiocarbonyl (C=S) groups is 1. The quantitative estimate of drug-likeness (QED) is 0.848. The Kier molecular flexibility index (Phi) is 6.41. The Bertz CT molecular complexity index is 758. The normalized spacial score (nSPS) is 9.83. The van der Waals surface area contributed by atoms with Crippen LogP contribution < -0.4 is 5.32 Å². The van der Waals surface area contributed by atoms with Gasteiger partial charge in [-0.2, -0.15) is 5.26 Å². The van der Waals surface area contributed by atoms with Crippen molar-refractivity contribution in [1.82, 2.24) is 10.2 Å². The lowest BCUT2D eigenvalue weighted by atomic mass is 10.2. The highest BCUT2D eigenvalue weighted by Gasteiger charge is 2.16. The van der Waals surface area contributed by atoms with Crippen molar-refractivity contribution < 1.29 is 9.18 Å². The van der Waals surface area contributed by atoms with Crippen molar-refractivity contribution in [3.8, 4) is 6.07 Å². The molecule has 6 heteroatoms. The van der Waals surface area contributed by atoms with Crippen molar-refractivity contribution in [2.75, 3.05) is 6.54 Å². The third kappa shape index (κ3) is 4.86. The van der Waals surface area contributed by atoms with E-state index in [2.05, 4.69) is 11.4 Å².